The monoisotopic (exact) mass is 335 g/mol. The zero-order valence-corrected chi connectivity index (χ0v) is 13.5. The van der Waals surface area contributed by atoms with Crippen LogP contribution < -0.4 is 5.32 Å². The van der Waals surface area contributed by atoms with Gasteiger partial charge in [-0.05, 0) is 11.6 Å². The first-order valence-corrected chi connectivity index (χ1v) is 8.04. The molecule has 0 radical (unpaired) electrons. The minimum absolute atomic E-state index is 0.0759. The number of anilines is 1. The maximum absolute atomic E-state index is 12.6. The molecule has 0 fully saturated rings. The van der Waals surface area contributed by atoms with Gasteiger partial charge in [-0.1, -0.05) is 6.07 Å². The normalized spacial score (nSPS) is 13.4. The van der Waals surface area contributed by atoms with Gasteiger partial charge in [-0.15, -0.1) is 0 Å². The number of fused-ring (bicyclic) bond motifs is 1. The zero-order valence-electron chi connectivity index (χ0n) is 13.5. The lowest BCUT2D eigenvalue weighted by Gasteiger charge is -2.27. The summed E-state index contributed by atoms with van der Waals surface area (Å²) in [4.78, 5) is 31.2. The predicted octanol–water partition coefficient (Wildman–Crippen LogP) is 1.34. The minimum atomic E-state index is -0.0759. The van der Waals surface area contributed by atoms with E-state index in [1.165, 1.54) is 0 Å². The maximum Gasteiger partial charge on any atom is 0.257 e. The van der Waals surface area contributed by atoms with Gasteiger partial charge in [0.05, 0.1) is 12.1 Å². The SMILES string of the molecule is O=C(c1cnc(NCc2cccnc2)nc1)N1CCn2ccnc2C1. The van der Waals surface area contributed by atoms with Crippen LogP contribution in [0.1, 0.15) is 21.7 Å². The van der Waals surface area contributed by atoms with Crippen molar-refractivity contribution >= 4 is 11.9 Å². The molecule has 1 N–H and O–H groups in total. The van der Waals surface area contributed by atoms with Gasteiger partial charge in [-0.2, -0.15) is 0 Å². The van der Waals surface area contributed by atoms with Crippen molar-refractivity contribution in [2.24, 2.45) is 0 Å². The molecule has 0 saturated carbocycles. The molecule has 1 aliphatic heterocycles. The molecular formula is C17H17N7O. The summed E-state index contributed by atoms with van der Waals surface area (Å²) in [5, 5.41) is 3.12. The average molecular weight is 335 g/mol. The van der Waals surface area contributed by atoms with Crippen LogP contribution >= 0.6 is 0 Å². The molecule has 3 aromatic heterocycles. The number of imidazole rings is 1. The Bertz CT molecular complexity index is 860. The van der Waals surface area contributed by atoms with Crippen LogP contribution in [0, 0.1) is 0 Å². The van der Waals surface area contributed by atoms with E-state index in [2.05, 4.69) is 29.8 Å². The van der Waals surface area contributed by atoms with Crippen molar-refractivity contribution in [3.8, 4) is 0 Å². The van der Waals surface area contributed by atoms with Gasteiger partial charge in [-0.25, -0.2) is 15.0 Å². The third-order valence-electron chi connectivity index (χ3n) is 4.10. The molecule has 0 atom stereocenters. The number of carbonyl (C=O) groups excluding carboxylic acids is 1. The van der Waals surface area contributed by atoms with E-state index in [1.807, 2.05) is 18.3 Å². The topological polar surface area (TPSA) is 88.8 Å². The summed E-state index contributed by atoms with van der Waals surface area (Å²) in [6.07, 6.45) is 10.3. The Balaban J connectivity index is 1.39. The Morgan fingerprint density at radius 2 is 2.00 bits per heavy atom. The van der Waals surface area contributed by atoms with Crippen LogP contribution in [0.15, 0.2) is 49.3 Å². The van der Waals surface area contributed by atoms with Gasteiger partial charge in [0.2, 0.25) is 5.95 Å². The minimum Gasteiger partial charge on any atom is -0.350 e. The molecule has 3 aromatic rings. The van der Waals surface area contributed by atoms with E-state index in [0.717, 1.165) is 17.9 Å². The highest BCUT2D eigenvalue weighted by molar-refractivity contribution is 5.93. The van der Waals surface area contributed by atoms with Crippen LogP contribution in [-0.4, -0.2) is 41.9 Å². The fraction of sp³-hybridized carbons (Fsp3) is 0.235. The summed E-state index contributed by atoms with van der Waals surface area (Å²) in [5.41, 5.74) is 1.52. The summed E-state index contributed by atoms with van der Waals surface area (Å²) in [7, 11) is 0. The highest BCUT2D eigenvalue weighted by atomic mass is 16.2. The highest BCUT2D eigenvalue weighted by Gasteiger charge is 2.22. The average Bonchev–Trinajstić information content (AvgIpc) is 3.15. The first-order chi connectivity index (χ1) is 12.3. The Labute approximate surface area is 144 Å². The van der Waals surface area contributed by atoms with Gasteiger partial charge in [0, 0.05) is 56.8 Å². The molecule has 1 aliphatic rings. The van der Waals surface area contributed by atoms with Gasteiger partial charge in [0.1, 0.15) is 5.82 Å². The van der Waals surface area contributed by atoms with Crippen molar-refractivity contribution < 1.29 is 4.79 Å². The van der Waals surface area contributed by atoms with Crippen molar-refractivity contribution in [2.45, 2.75) is 19.6 Å². The molecule has 0 unspecified atom stereocenters. The molecule has 0 bridgehead atoms. The number of amides is 1. The summed E-state index contributed by atoms with van der Waals surface area (Å²) < 4.78 is 2.06. The van der Waals surface area contributed by atoms with Crippen molar-refractivity contribution in [1.29, 1.82) is 0 Å². The number of carbonyl (C=O) groups is 1. The smallest absolute Gasteiger partial charge is 0.257 e. The molecule has 0 aromatic carbocycles. The second-order valence-electron chi connectivity index (χ2n) is 5.77. The zero-order chi connectivity index (χ0) is 17.1. The third kappa shape index (κ3) is 3.32. The number of nitrogens with zero attached hydrogens (tertiary/aromatic N) is 6. The molecule has 8 nitrogen and oxygen atoms in total. The van der Waals surface area contributed by atoms with Crippen LogP contribution in [0.4, 0.5) is 5.95 Å². The predicted molar refractivity (Wildman–Crippen MR) is 90.6 cm³/mol. The van der Waals surface area contributed by atoms with Crippen LogP contribution in [0.5, 0.6) is 0 Å². The fourth-order valence-electron chi connectivity index (χ4n) is 2.74. The first kappa shape index (κ1) is 15.3. The Morgan fingerprint density at radius 1 is 1.12 bits per heavy atom. The molecule has 4 rings (SSSR count). The largest absolute Gasteiger partial charge is 0.350 e. The number of aromatic nitrogens is 5. The lowest BCUT2D eigenvalue weighted by atomic mass is 10.2. The standard InChI is InChI=1S/C17H17N7O/c25-16(24-7-6-23-5-4-19-15(23)12-24)14-10-21-17(22-11-14)20-9-13-2-1-3-18-8-13/h1-5,8,10-11H,6-7,9,12H2,(H,20,21,22). The Hall–Kier alpha value is -3.29. The quantitative estimate of drug-likeness (QED) is 0.774. The third-order valence-corrected chi connectivity index (χ3v) is 4.10. The summed E-state index contributed by atoms with van der Waals surface area (Å²) in [6.45, 7) is 2.50. The highest BCUT2D eigenvalue weighted by Crippen LogP contribution is 2.14. The van der Waals surface area contributed by atoms with Gasteiger partial charge in [-0.3, -0.25) is 9.78 Å². The maximum atomic E-state index is 12.6. The van der Waals surface area contributed by atoms with Gasteiger partial charge < -0.3 is 14.8 Å². The molecule has 8 heteroatoms. The van der Waals surface area contributed by atoms with E-state index in [-0.39, 0.29) is 5.91 Å². The van der Waals surface area contributed by atoms with Crippen molar-refractivity contribution in [3.63, 3.8) is 0 Å². The van der Waals surface area contributed by atoms with Crippen LogP contribution in [-0.2, 0) is 19.6 Å². The van der Waals surface area contributed by atoms with E-state index in [1.54, 1.807) is 35.9 Å². The van der Waals surface area contributed by atoms with Crippen LogP contribution in [0.3, 0.4) is 0 Å². The van der Waals surface area contributed by atoms with E-state index >= 15 is 0 Å². The van der Waals surface area contributed by atoms with Gasteiger partial charge in [0.25, 0.3) is 5.91 Å². The Kier molecular flexibility index (Phi) is 4.07. The van der Waals surface area contributed by atoms with Crippen molar-refractivity contribution in [1.82, 2.24) is 29.4 Å². The number of hydrogen-bond donors (Lipinski definition) is 1. The van der Waals surface area contributed by atoms with E-state index in [4.69, 9.17) is 0 Å². The molecule has 0 aliphatic carbocycles. The fourth-order valence-corrected chi connectivity index (χ4v) is 2.74. The summed E-state index contributed by atoms with van der Waals surface area (Å²) in [6, 6.07) is 3.85. The van der Waals surface area contributed by atoms with E-state index in [9.17, 15) is 4.79 Å². The second kappa shape index (κ2) is 6.68. The summed E-state index contributed by atoms with van der Waals surface area (Å²) in [5.74, 6) is 1.30. The number of nitrogens with one attached hydrogen (secondary N) is 1. The number of rotatable bonds is 4. The molecule has 4 heterocycles. The molecule has 0 spiro atoms. The second-order valence-corrected chi connectivity index (χ2v) is 5.77. The van der Waals surface area contributed by atoms with Crippen LogP contribution in [0.2, 0.25) is 0 Å². The van der Waals surface area contributed by atoms with Crippen molar-refractivity contribution in [3.05, 3.63) is 66.3 Å². The first-order valence-electron chi connectivity index (χ1n) is 8.04. The van der Waals surface area contributed by atoms with Gasteiger partial charge in [0.15, 0.2) is 0 Å². The lowest BCUT2D eigenvalue weighted by Crippen LogP contribution is -2.38. The molecule has 0 saturated heterocycles. The van der Waals surface area contributed by atoms with Crippen LogP contribution in [0.25, 0.3) is 0 Å². The molecule has 126 valence electrons. The number of pyridine rings is 1. The Morgan fingerprint density at radius 3 is 2.80 bits per heavy atom. The van der Waals surface area contributed by atoms with Crippen molar-refractivity contribution in [2.75, 3.05) is 11.9 Å². The summed E-state index contributed by atoms with van der Waals surface area (Å²) >= 11 is 0. The molecule has 25 heavy (non-hydrogen) atoms. The molecule has 1 amide bonds. The lowest BCUT2D eigenvalue weighted by molar-refractivity contribution is 0.0706. The van der Waals surface area contributed by atoms with E-state index in [0.29, 0.717) is 31.1 Å². The number of hydrogen-bond acceptors (Lipinski definition) is 6. The molecular weight excluding hydrogens is 318 g/mol. The van der Waals surface area contributed by atoms with E-state index < -0.39 is 0 Å². The van der Waals surface area contributed by atoms with Gasteiger partial charge >= 0.3 is 0 Å².